The molecule has 1 fully saturated rings. The minimum atomic E-state index is -0.301. The number of hydrogen-bond donors (Lipinski definition) is 1. The fourth-order valence-electron chi connectivity index (χ4n) is 0.763. The molecule has 0 spiro atoms. The molecule has 58 valence electrons. The highest BCUT2D eigenvalue weighted by atomic mass is 16.6. The van der Waals surface area contributed by atoms with E-state index in [-0.39, 0.29) is 17.3 Å². The number of quaternary nitrogens is 1. The van der Waals surface area contributed by atoms with Crippen LogP contribution in [-0.4, -0.2) is 42.1 Å². The molecule has 0 saturated carbocycles. The van der Waals surface area contributed by atoms with Gasteiger partial charge in [-0.3, -0.25) is 0 Å². The van der Waals surface area contributed by atoms with Crippen molar-refractivity contribution in [2.75, 3.05) is 26.4 Å². The van der Waals surface area contributed by atoms with Crippen molar-refractivity contribution in [3.05, 3.63) is 0 Å². The van der Waals surface area contributed by atoms with E-state index >= 15 is 0 Å². The van der Waals surface area contributed by atoms with E-state index in [9.17, 15) is 4.79 Å². The Bertz CT molecular complexity index is 142. The van der Waals surface area contributed by atoms with Crippen molar-refractivity contribution < 1.29 is 19.1 Å². The Labute approximate surface area is 59.6 Å². The first-order valence-electron chi connectivity index (χ1n) is 3.39. The second-order valence-corrected chi connectivity index (χ2v) is 2.43. The van der Waals surface area contributed by atoms with Crippen LogP contribution in [0.5, 0.6) is 0 Å². The normalized spacial score (nSPS) is 20.2. The molecule has 0 bridgehead atoms. The van der Waals surface area contributed by atoms with Crippen LogP contribution in [0.25, 0.3) is 0 Å². The molecule has 10 heavy (non-hydrogen) atoms. The minimum Gasteiger partial charge on any atom is -0.420 e. The van der Waals surface area contributed by atoms with Crippen LogP contribution in [0, 0.1) is 0 Å². The zero-order valence-electron chi connectivity index (χ0n) is 6.04. The average molecular weight is 146 g/mol. The van der Waals surface area contributed by atoms with E-state index in [4.69, 9.17) is 9.84 Å². The average Bonchev–Trinajstić information content (AvgIpc) is 2.68. The topological polar surface area (TPSA) is 46.5 Å². The lowest BCUT2D eigenvalue weighted by atomic mass is 10.8. The molecule has 1 heterocycles. The molecule has 1 aliphatic rings. The van der Waals surface area contributed by atoms with Gasteiger partial charge in [0.05, 0.1) is 6.61 Å². The summed E-state index contributed by atoms with van der Waals surface area (Å²) < 4.78 is 4.84. The smallest absolute Gasteiger partial charge is 0.420 e. The molecule has 0 radical (unpaired) electrons. The number of hydrogen-bond acceptors (Lipinski definition) is 3. The van der Waals surface area contributed by atoms with Crippen molar-refractivity contribution in [1.29, 1.82) is 0 Å². The van der Waals surface area contributed by atoms with E-state index in [0.717, 1.165) is 13.1 Å². The molecule has 1 amide bonds. The van der Waals surface area contributed by atoms with Gasteiger partial charge in [-0.15, -0.1) is 0 Å². The van der Waals surface area contributed by atoms with Crippen LogP contribution in [0.4, 0.5) is 4.79 Å². The highest BCUT2D eigenvalue weighted by Gasteiger charge is 2.51. The number of carbonyl (C=O) groups is 1. The van der Waals surface area contributed by atoms with Gasteiger partial charge in [-0.05, 0) is 6.92 Å². The van der Waals surface area contributed by atoms with Gasteiger partial charge in [0.25, 0.3) is 0 Å². The van der Waals surface area contributed by atoms with Crippen molar-refractivity contribution in [1.82, 2.24) is 0 Å². The third-order valence-corrected chi connectivity index (χ3v) is 1.69. The molecular formula is C6H12NO3+. The Balaban J connectivity index is 2.40. The summed E-state index contributed by atoms with van der Waals surface area (Å²) in [6, 6.07) is 0. The highest BCUT2D eigenvalue weighted by molar-refractivity contribution is 5.60. The summed E-state index contributed by atoms with van der Waals surface area (Å²) in [5, 5.41) is 8.72. The van der Waals surface area contributed by atoms with Crippen molar-refractivity contribution >= 4 is 6.09 Å². The molecule has 0 aliphatic carbocycles. The number of rotatable bonds is 2. The fraction of sp³-hybridized carbons (Fsp3) is 0.833. The molecule has 1 rings (SSSR count). The molecule has 0 aromatic heterocycles. The Morgan fingerprint density at radius 1 is 1.70 bits per heavy atom. The van der Waals surface area contributed by atoms with Gasteiger partial charge in [0.2, 0.25) is 0 Å². The molecule has 1 N–H and O–H groups in total. The molecule has 4 heteroatoms. The maximum absolute atomic E-state index is 10.9. The highest BCUT2D eigenvalue weighted by Crippen LogP contribution is 2.21. The van der Waals surface area contributed by atoms with Crippen molar-refractivity contribution in [3.8, 4) is 0 Å². The summed E-state index contributed by atoms with van der Waals surface area (Å²) in [6.07, 6.45) is -0.301. The minimum absolute atomic E-state index is 0.105. The number of ether oxygens (including phenoxy) is 1. The van der Waals surface area contributed by atoms with Crippen LogP contribution in [0.2, 0.25) is 0 Å². The van der Waals surface area contributed by atoms with Gasteiger partial charge in [0.15, 0.2) is 6.73 Å². The van der Waals surface area contributed by atoms with Gasteiger partial charge in [-0.2, -0.15) is 9.28 Å². The molecule has 0 atom stereocenters. The zero-order valence-corrected chi connectivity index (χ0v) is 6.04. The lowest BCUT2D eigenvalue weighted by Crippen LogP contribution is -2.35. The number of aliphatic hydroxyl groups excluding tert-OH is 1. The number of nitrogens with zero attached hydrogens (tertiary/aromatic N) is 1. The van der Waals surface area contributed by atoms with Crippen LogP contribution in [0.3, 0.4) is 0 Å². The van der Waals surface area contributed by atoms with E-state index in [1.54, 1.807) is 6.92 Å². The first-order chi connectivity index (χ1) is 4.75. The summed E-state index contributed by atoms with van der Waals surface area (Å²) in [5.41, 5.74) is 0. The molecule has 0 aromatic rings. The summed E-state index contributed by atoms with van der Waals surface area (Å²) in [7, 11) is 0. The molecular weight excluding hydrogens is 134 g/mol. The maximum atomic E-state index is 10.9. The summed E-state index contributed by atoms with van der Waals surface area (Å²) in [5.74, 6) is 0. The predicted octanol–water partition coefficient (Wildman–Crippen LogP) is -0.0769. The van der Waals surface area contributed by atoms with Crippen LogP contribution in [0.15, 0.2) is 0 Å². The number of carbonyl (C=O) groups excluding carboxylic acids is 1. The Hall–Kier alpha value is -0.610. The zero-order chi connectivity index (χ0) is 7.61. The van der Waals surface area contributed by atoms with E-state index in [2.05, 4.69) is 0 Å². The summed E-state index contributed by atoms with van der Waals surface area (Å²) in [4.78, 5) is 10.9. The van der Waals surface area contributed by atoms with Crippen LogP contribution >= 0.6 is 0 Å². The van der Waals surface area contributed by atoms with E-state index in [1.807, 2.05) is 0 Å². The van der Waals surface area contributed by atoms with Crippen molar-refractivity contribution in [3.63, 3.8) is 0 Å². The van der Waals surface area contributed by atoms with Gasteiger partial charge < -0.3 is 9.84 Å². The third-order valence-electron chi connectivity index (χ3n) is 1.69. The van der Waals surface area contributed by atoms with Crippen LogP contribution < -0.4 is 0 Å². The van der Waals surface area contributed by atoms with E-state index in [1.165, 1.54) is 0 Å². The lowest BCUT2D eigenvalue weighted by Gasteiger charge is -2.09. The number of aliphatic hydroxyl groups is 1. The monoisotopic (exact) mass is 146 g/mol. The summed E-state index contributed by atoms with van der Waals surface area (Å²) in [6.45, 7) is 3.46. The Morgan fingerprint density at radius 3 is 2.60 bits per heavy atom. The van der Waals surface area contributed by atoms with Crippen molar-refractivity contribution in [2.45, 2.75) is 6.92 Å². The molecule has 0 aromatic carbocycles. The standard InChI is InChI=1S/C6H12NO3/c1-2-10-6(9)7(5-8)3-4-7/h8H,2-5H2,1H3/q+1. The molecule has 4 nitrogen and oxygen atoms in total. The second kappa shape index (κ2) is 2.56. The maximum Gasteiger partial charge on any atom is 0.518 e. The second-order valence-electron chi connectivity index (χ2n) is 2.43. The van der Waals surface area contributed by atoms with Gasteiger partial charge in [0.1, 0.15) is 13.1 Å². The Morgan fingerprint density at radius 2 is 2.30 bits per heavy atom. The first kappa shape index (κ1) is 7.50. The first-order valence-corrected chi connectivity index (χ1v) is 3.39. The number of amides is 1. The third kappa shape index (κ3) is 1.12. The predicted molar refractivity (Wildman–Crippen MR) is 34.1 cm³/mol. The van der Waals surface area contributed by atoms with Crippen LogP contribution in [-0.2, 0) is 4.74 Å². The van der Waals surface area contributed by atoms with Gasteiger partial charge in [0, 0.05) is 0 Å². The molecule has 1 saturated heterocycles. The Kier molecular flexibility index (Phi) is 1.92. The van der Waals surface area contributed by atoms with Crippen molar-refractivity contribution in [2.24, 2.45) is 0 Å². The molecule has 1 aliphatic heterocycles. The van der Waals surface area contributed by atoms with Crippen LogP contribution in [0.1, 0.15) is 6.92 Å². The van der Waals surface area contributed by atoms with Gasteiger partial charge >= 0.3 is 6.09 Å². The fourth-order valence-corrected chi connectivity index (χ4v) is 0.763. The SMILES string of the molecule is CCOC(=O)[N+]1(CO)CC1. The van der Waals surface area contributed by atoms with Gasteiger partial charge in [-0.25, -0.2) is 0 Å². The van der Waals surface area contributed by atoms with E-state index in [0.29, 0.717) is 6.61 Å². The quantitative estimate of drug-likeness (QED) is 0.438. The van der Waals surface area contributed by atoms with Gasteiger partial charge in [-0.1, -0.05) is 0 Å². The largest absolute Gasteiger partial charge is 0.518 e. The van der Waals surface area contributed by atoms with E-state index < -0.39 is 0 Å². The molecule has 0 unspecified atom stereocenters. The lowest BCUT2D eigenvalue weighted by molar-refractivity contribution is -0.747. The summed E-state index contributed by atoms with van der Waals surface area (Å²) >= 11 is 0.